The lowest BCUT2D eigenvalue weighted by molar-refractivity contribution is 0.245. The molecule has 0 aromatic rings. The fraction of sp³-hybridized carbons (Fsp3) is 1.00. The Morgan fingerprint density at radius 1 is 1.10 bits per heavy atom. The summed E-state index contributed by atoms with van der Waals surface area (Å²) in [6.07, 6.45) is 0. The third-order valence-electron chi connectivity index (χ3n) is 1.51. The van der Waals surface area contributed by atoms with Crippen molar-refractivity contribution in [2.45, 2.75) is 6.92 Å². The van der Waals surface area contributed by atoms with Crippen LogP contribution >= 0.6 is 9.00 Å². The van der Waals surface area contributed by atoms with Gasteiger partial charge in [0.15, 0.2) is 8.95 Å². The Morgan fingerprint density at radius 2 is 1.40 bits per heavy atom. The molecule has 0 heterocycles. The van der Waals surface area contributed by atoms with E-state index in [4.69, 9.17) is 12.5 Å². The number of hydrogen-bond donors (Lipinski definition) is 0. The second kappa shape index (κ2) is 3.23. The van der Waals surface area contributed by atoms with Gasteiger partial charge in [-0.3, -0.25) is 0 Å². The van der Waals surface area contributed by atoms with E-state index in [2.05, 4.69) is 8.95 Å². The molecule has 0 bridgehead atoms. The van der Waals surface area contributed by atoms with Gasteiger partial charge in [0, 0.05) is 5.75 Å². The van der Waals surface area contributed by atoms with E-state index < -0.39 is 9.00 Å². The van der Waals surface area contributed by atoms with Gasteiger partial charge >= 0.3 is 0 Å². The summed E-state index contributed by atoms with van der Waals surface area (Å²) < 4.78 is 15.5. The molecule has 0 aromatic heterocycles. The van der Waals surface area contributed by atoms with Crippen LogP contribution in [0, 0.1) is 0 Å². The maximum Gasteiger partial charge on any atom is 0.153 e. The average Bonchev–Trinajstić information content (AvgIpc) is 2.04. The van der Waals surface area contributed by atoms with E-state index in [9.17, 15) is 0 Å². The maximum atomic E-state index is 5.15. The van der Waals surface area contributed by atoms with Crippen LogP contribution in [-0.4, -0.2) is 36.0 Å². The third kappa shape index (κ3) is 1.73. The Bertz CT molecular complexity index is 131. The minimum atomic E-state index is -2.61. The van der Waals surface area contributed by atoms with Crippen molar-refractivity contribution in [3.05, 3.63) is 0 Å². The van der Waals surface area contributed by atoms with Gasteiger partial charge in [-0.15, -0.1) is 0 Å². The van der Waals surface area contributed by atoms with Gasteiger partial charge in [-0.05, 0) is 9.00 Å². The zero-order chi connectivity index (χ0) is 8.28. The molecule has 0 saturated heterocycles. The summed E-state index contributed by atoms with van der Waals surface area (Å²) in [6.45, 7) is 1.94. The van der Waals surface area contributed by atoms with E-state index in [0.29, 0.717) is 5.75 Å². The largest absolute Gasteiger partial charge is 0.308 e. The molecule has 0 aromatic carbocycles. The second-order valence-corrected chi connectivity index (χ2v) is 7.59. The predicted molar refractivity (Wildman–Crippen MR) is 44.9 cm³/mol. The van der Waals surface area contributed by atoms with Crippen LogP contribution in [0.15, 0.2) is 0 Å². The van der Waals surface area contributed by atoms with Crippen LogP contribution in [0.2, 0.25) is 0 Å². The number of hydrogen-bond acceptors (Lipinski definition) is 3. The summed E-state index contributed by atoms with van der Waals surface area (Å²) in [5, 5.41) is 0. The van der Waals surface area contributed by atoms with Gasteiger partial charge in [0.05, 0.1) is 21.3 Å². The van der Waals surface area contributed by atoms with Gasteiger partial charge in [0.1, 0.15) is 0 Å². The zero-order valence-electron chi connectivity index (χ0n) is 6.84. The summed E-state index contributed by atoms with van der Waals surface area (Å²) in [5.41, 5.74) is 0. The minimum absolute atomic E-state index is 0.664. The van der Waals surface area contributed by atoms with E-state index in [1.165, 1.54) is 0 Å². The van der Waals surface area contributed by atoms with Crippen molar-refractivity contribution in [2.75, 3.05) is 27.1 Å². The fourth-order valence-corrected chi connectivity index (χ4v) is 1.67. The summed E-state index contributed by atoms with van der Waals surface area (Å²) in [7, 11) is 5.46. The van der Waals surface area contributed by atoms with Crippen LogP contribution in [0.4, 0.5) is 0 Å². The molecule has 10 heavy (non-hydrogen) atoms. The Morgan fingerprint density at radius 3 is 1.40 bits per heavy atom. The first-order valence-corrected chi connectivity index (χ1v) is 6.13. The molecule has 0 rings (SSSR count). The van der Waals surface area contributed by atoms with Crippen molar-refractivity contribution in [2.24, 2.45) is 0 Å². The highest BCUT2D eigenvalue weighted by molar-refractivity contribution is 8.39. The molecule has 0 N–H and O–H groups in total. The maximum absolute atomic E-state index is 5.15. The van der Waals surface area contributed by atoms with Crippen molar-refractivity contribution in [3.63, 3.8) is 0 Å². The SMILES string of the molecule is CCS(=[Si])(OC)(OC)OC. The Labute approximate surface area is 65.1 Å². The van der Waals surface area contributed by atoms with Crippen LogP contribution in [0.5, 0.6) is 0 Å². The molecule has 0 aliphatic carbocycles. The molecule has 0 saturated carbocycles. The normalized spacial score (nSPS) is 16.2. The minimum Gasteiger partial charge on any atom is -0.308 e. The highest BCUT2D eigenvalue weighted by Crippen LogP contribution is 2.57. The molecule has 0 aliphatic heterocycles. The van der Waals surface area contributed by atoms with Crippen LogP contribution in [0.25, 0.3) is 0 Å². The second-order valence-electron chi connectivity index (χ2n) is 1.74. The quantitative estimate of drug-likeness (QED) is 0.610. The van der Waals surface area contributed by atoms with Crippen molar-refractivity contribution in [1.82, 2.24) is 0 Å². The summed E-state index contributed by atoms with van der Waals surface area (Å²) in [4.78, 5) is 0. The topological polar surface area (TPSA) is 27.7 Å². The van der Waals surface area contributed by atoms with E-state index >= 15 is 0 Å². The summed E-state index contributed by atoms with van der Waals surface area (Å²) >= 11 is 0. The van der Waals surface area contributed by atoms with Gasteiger partial charge in [-0.25, -0.2) is 0 Å². The first-order chi connectivity index (χ1) is 4.54. The molecular weight excluding hydrogens is 168 g/mol. The third-order valence-corrected chi connectivity index (χ3v) is 6.90. The summed E-state index contributed by atoms with van der Waals surface area (Å²) in [5.74, 6) is 0.664. The lowest BCUT2D eigenvalue weighted by Crippen LogP contribution is -2.17. The Hall–Kier alpha value is 0.447. The summed E-state index contributed by atoms with van der Waals surface area (Å²) in [6, 6.07) is 0. The van der Waals surface area contributed by atoms with Gasteiger partial charge in [0.25, 0.3) is 0 Å². The monoisotopic (exact) mass is 182 g/mol. The van der Waals surface area contributed by atoms with Crippen molar-refractivity contribution < 1.29 is 12.5 Å². The van der Waals surface area contributed by atoms with Gasteiger partial charge < -0.3 is 12.5 Å². The molecule has 0 aliphatic rings. The van der Waals surface area contributed by atoms with Crippen LogP contribution < -0.4 is 0 Å². The first kappa shape index (κ1) is 10.4. The molecule has 5 heteroatoms. The molecular formula is C5H14O3SSi. The van der Waals surface area contributed by atoms with E-state index in [1.807, 2.05) is 6.92 Å². The average molecular weight is 182 g/mol. The lowest BCUT2D eigenvalue weighted by atomic mass is 11.0. The highest BCUT2D eigenvalue weighted by atomic mass is 32.4. The van der Waals surface area contributed by atoms with Gasteiger partial charge in [-0.2, -0.15) is 0 Å². The molecule has 3 nitrogen and oxygen atoms in total. The molecule has 2 radical (unpaired) electrons. The molecule has 0 atom stereocenters. The standard InChI is InChI=1S/C5H14O3SSi/c1-5-9(10,6-2,7-3)8-4/h5H2,1-4H3. The number of rotatable bonds is 4. The first-order valence-electron chi connectivity index (χ1n) is 2.92. The zero-order valence-corrected chi connectivity index (χ0v) is 8.66. The van der Waals surface area contributed by atoms with Crippen LogP contribution in [-0.2, 0) is 12.5 Å². The van der Waals surface area contributed by atoms with Crippen LogP contribution in [0.3, 0.4) is 0 Å². The van der Waals surface area contributed by atoms with Crippen LogP contribution in [0.1, 0.15) is 6.92 Å². The van der Waals surface area contributed by atoms with Gasteiger partial charge in [0.2, 0.25) is 0 Å². The lowest BCUT2D eigenvalue weighted by Gasteiger charge is -2.43. The van der Waals surface area contributed by atoms with E-state index in [-0.39, 0.29) is 0 Å². The molecule has 0 fully saturated rings. The Balaban J connectivity index is 4.62. The highest BCUT2D eigenvalue weighted by Gasteiger charge is 2.24. The fourth-order valence-electron chi connectivity index (χ4n) is 0.558. The molecule has 0 amide bonds. The van der Waals surface area contributed by atoms with Crippen molar-refractivity contribution in [3.8, 4) is 0 Å². The van der Waals surface area contributed by atoms with E-state index in [0.717, 1.165) is 0 Å². The predicted octanol–water partition coefficient (Wildman–Crippen LogP) is 1.11. The van der Waals surface area contributed by atoms with Crippen molar-refractivity contribution >= 4 is 18.0 Å². The van der Waals surface area contributed by atoms with Crippen molar-refractivity contribution in [1.29, 1.82) is 0 Å². The molecule has 0 spiro atoms. The Kier molecular flexibility index (Phi) is 3.37. The smallest absolute Gasteiger partial charge is 0.153 e. The van der Waals surface area contributed by atoms with Gasteiger partial charge in [-0.1, -0.05) is 6.92 Å². The molecule has 62 valence electrons. The van der Waals surface area contributed by atoms with E-state index in [1.54, 1.807) is 21.3 Å². The molecule has 0 unspecified atom stereocenters.